The second kappa shape index (κ2) is 10.2. The molecule has 6 heterocycles. The number of ether oxygens (including phenoxy) is 1. The second-order valence-corrected chi connectivity index (χ2v) is 13.2. The van der Waals surface area contributed by atoms with Crippen LogP contribution in [0.5, 0.6) is 6.01 Å². The molecular weight excluding hydrogens is 549 g/mol. The van der Waals surface area contributed by atoms with E-state index < -0.39 is 5.82 Å². The summed E-state index contributed by atoms with van der Waals surface area (Å²) in [5.41, 5.74) is 14.6. The van der Waals surface area contributed by atoms with Gasteiger partial charge < -0.3 is 30.9 Å². The maximum absolute atomic E-state index is 16.3. The zero-order chi connectivity index (χ0) is 28.2. The van der Waals surface area contributed by atoms with Crippen molar-refractivity contribution in [1.82, 2.24) is 19.9 Å². The minimum absolute atomic E-state index is 0.133. The van der Waals surface area contributed by atoms with Crippen molar-refractivity contribution in [3.05, 3.63) is 45.7 Å². The summed E-state index contributed by atoms with van der Waals surface area (Å²) in [6.07, 6.45) is 3.78. The quantitative estimate of drug-likeness (QED) is 0.423. The van der Waals surface area contributed by atoms with E-state index in [1.807, 2.05) is 24.0 Å². The van der Waals surface area contributed by atoms with E-state index in [1.165, 1.54) is 11.3 Å². The summed E-state index contributed by atoms with van der Waals surface area (Å²) in [6, 6.07) is 6.08. The SMILES string of the molecule is C[C@H](c1cccnc1N)N(C)c1nc(OC[C@@H]2CCCN2C)nc(N2CC3(C2)SCc2sc(N)c(C#N)c23)c1F. The Morgan fingerprint density at radius 2 is 2.15 bits per heavy atom. The molecule has 0 aliphatic carbocycles. The molecule has 6 rings (SSSR count). The number of nitriles is 1. The summed E-state index contributed by atoms with van der Waals surface area (Å²) >= 11 is 3.26. The number of rotatable bonds is 7. The van der Waals surface area contributed by atoms with Gasteiger partial charge in [-0.05, 0) is 39.4 Å². The van der Waals surface area contributed by atoms with Crippen LogP contribution in [0.15, 0.2) is 18.3 Å². The molecule has 2 atom stereocenters. The number of nitrogens with zero attached hydrogens (tertiary/aromatic N) is 7. The van der Waals surface area contributed by atoms with Gasteiger partial charge >= 0.3 is 6.01 Å². The molecule has 0 unspecified atom stereocenters. The van der Waals surface area contributed by atoms with Crippen LogP contribution >= 0.6 is 23.1 Å². The van der Waals surface area contributed by atoms with Crippen LogP contribution in [0.2, 0.25) is 0 Å². The first-order chi connectivity index (χ1) is 19.2. The highest BCUT2D eigenvalue weighted by Gasteiger charge is 2.53. The fraction of sp³-hybridized carbons (Fsp3) is 0.481. The molecule has 0 bridgehead atoms. The van der Waals surface area contributed by atoms with E-state index in [1.54, 1.807) is 29.9 Å². The van der Waals surface area contributed by atoms with Gasteiger partial charge in [0.05, 0.1) is 16.4 Å². The lowest BCUT2D eigenvalue weighted by Crippen LogP contribution is -2.57. The van der Waals surface area contributed by atoms with E-state index in [0.717, 1.165) is 41.1 Å². The number of halogens is 1. The molecule has 3 aliphatic heterocycles. The molecule has 3 aromatic heterocycles. The monoisotopic (exact) mass is 581 g/mol. The van der Waals surface area contributed by atoms with Crippen LogP contribution < -0.4 is 26.0 Å². The van der Waals surface area contributed by atoms with Crippen molar-refractivity contribution in [1.29, 1.82) is 5.26 Å². The Labute approximate surface area is 241 Å². The number of fused-ring (bicyclic) bond motifs is 2. The van der Waals surface area contributed by atoms with Crippen LogP contribution in [0.1, 0.15) is 47.4 Å². The summed E-state index contributed by atoms with van der Waals surface area (Å²) in [5.74, 6) is 0.992. The zero-order valence-electron chi connectivity index (χ0n) is 22.7. The minimum Gasteiger partial charge on any atom is -0.462 e. The number of hydrogen-bond donors (Lipinski definition) is 2. The van der Waals surface area contributed by atoms with E-state index in [2.05, 4.69) is 33.0 Å². The molecule has 3 aliphatic rings. The van der Waals surface area contributed by atoms with Gasteiger partial charge in [-0.15, -0.1) is 23.1 Å². The van der Waals surface area contributed by atoms with Crippen molar-refractivity contribution in [3.8, 4) is 12.1 Å². The van der Waals surface area contributed by atoms with Crippen molar-refractivity contribution in [2.45, 2.75) is 42.3 Å². The average molecular weight is 582 g/mol. The Balaban J connectivity index is 1.32. The van der Waals surface area contributed by atoms with Crippen LogP contribution in [-0.2, 0) is 10.5 Å². The van der Waals surface area contributed by atoms with Crippen molar-refractivity contribution in [2.75, 3.05) is 61.6 Å². The number of anilines is 4. The fourth-order valence-corrected chi connectivity index (χ4v) is 8.69. The highest BCUT2D eigenvalue weighted by Crippen LogP contribution is 2.58. The van der Waals surface area contributed by atoms with Gasteiger partial charge in [-0.1, -0.05) is 6.07 Å². The Morgan fingerprint density at radius 1 is 1.35 bits per heavy atom. The van der Waals surface area contributed by atoms with Gasteiger partial charge in [0.25, 0.3) is 0 Å². The van der Waals surface area contributed by atoms with Crippen LogP contribution in [0.3, 0.4) is 0 Å². The van der Waals surface area contributed by atoms with Gasteiger partial charge in [0.1, 0.15) is 23.5 Å². The molecule has 1 spiro atoms. The van der Waals surface area contributed by atoms with E-state index >= 15 is 4.39 Å². The predicted molar refractivity (Wildman–Crippen MR) is 157 cm³/mol. The summed E-state index contributed by atoms with van der Waals surface area (Å²) in [5, 5.41) is 10.3. The number of likely N-dealkylation sites (tertiary alicyclic amines) is 1. The molecule has 2 fully saturated rings. The molecule has 210 valence electrons. The molecule has 4 N–H and O–H groups in total. The lowest BCUT2D eigenvalue weighted by atomic mass is 9.88. The first-order valence-electron chi connectivity index (χ1n) is 13.3. The standard InChI is InChI=1S/C27H32FN9OS2/c1-15(17-7-4-8-32-22(17)30)36(3)24-21(28)25(34-26(33-24)38-11-16-6-5-9-35(16)2)37-13-27(14-37)20-18(10-29)23(31)40-19(20)12-39-27/h4,7-8,15-16H,5-6,9,11-14,31H2,1-3H3,(H2,30,32)/t15-,16+/m1/s1. The minimum atomic E-state index is -0.523. The Hall–Kier alpha value is -3.34. The summed E-state index contributed by atoms with van der Waals surface area (Å²) in [7, 11) is 3.86. The van der Waals surface area contributed by atoms with E-state index in [0.29, 0.717) is 36.1 Å². The number of pyridine rings is 1. The molecule has 3 aromatic rings. The van der Waals surface area contributed by atoms with Crippen LogP contribution in [0, 0.1) is 17.1 Å². The van der Waals surface area contributed by atoms with Crippen molar-refractivity contribution < 1.29 is 9.13 Å². The molecule has 2 saturated heterocycles. The van der Waals surface area contributed by atoms with Crippen LogP contribution in [0.4, 0.5) is 26.8 Å². The molecule has 0 amide bonds. The largest absolute Gasteiger partial charge is 0.462 e. The number of hydrogen-bond acceptors (Lipinski definition) is 12. The Bertz CT molecular complexity index is 1490. The maximum Gasteiger partial charge on any atom is 0.320 e. The van der Waals surface area contributed by atoms with E-state index in [-0.39, 0.29) is 34.5 Å². The van der Waals surface area contributed by atoms with Gasteiger partial charge in [-0.25, -0.2) is 4.98 Å². The zero-order valence-corrected chi connectivity index (χ0v) is 24.4. The number of likely N-dealkylation sites (N-methyl/N-ethyl adjacent to an activating group) is 1. The molecular formula is C27H32FN9OS2. The van der Waals surface area contributed by atoms with Gasteiger partial charge in [-0.2, -0.15) is 19.6 Å². The topological polar surface area (TPSA) is 133 Å². The Morgan fingerprint density at radius 3 is 2.85 bits per heavy atom. The highest BCUT2D eigenvalue weighted by atomic mass is 32.2. The number of thioether (sulfide) groups is 1. The average Bonchev–Trinajstić information content (AvgIpc) is 3.60. The van der Waals surface area contributed by atoms with Gasteiger partial charge in [0.15, 0.2) is 11.6 Å². The number of thiophene rings is 1. The number of aromatic nitrogens is 3. The van der Waals surface area contributed by atoms with E-state index in [9.17, 15) is 5.26 Å². The lowest BCUT2D eigenvalue weighted by molar-refractivity contribution is 0.187. The predicted octanol–water partition coefficient (Wildman–Crippen LogP) is 3.74. The Kier molecular flexibility index (Phi) is 6.88. The summed E-state index contributed by atoms with van der Waals surface area (Å²) in [4.78, 5) is 20.3. The van der Waals surface area contributed by atoms with E-state index in [4.69, 9.17) is 16.2 Å². The van der Waals surface area contributed by atoms with Crippen molar-refractivity contribution >= 4 is 45.6 Å². The second-order valence-electron chi connectivity index (χ2n) is 10.7. The molecule has 10 nitrogen and oxygen atoms in total. The molecule has 40 heavy (non-hydrogen) atoms. The van der Waals surface area contributed by atoms with Crippen LogP contribution in [0.25, 0.3) is 0 Å². The smallest absolute Gasteiger partial charge is 0.320 e. The molecule has 0 saturated carbocycles. The number of nitrogens with two attached hydrogens (primary N) is 2. The maximum atomic E-state index is 16.3. The molecule has 0 radical (unpaired) electrons. The van der Waals surface area contributed by atoms with Gasteiger partial charge in [0.2, 0.25) is 5.82 Å². The lowest BCUT2D eigenvalue weighted by Gasteiger charge is -2.48. The molecule has 0 aromatic carbocycles. The van der Waals surface area contributed by atoms with Crippen LogP contribution in [-0.4, -0.2) is 66.2 Å². The fourth-order valence-electron chi connectivity index (χ4n) is 5.89. The van der Waals surface area contributed by atoms with Crippen molar-refractivity contribution in [3.63, 3.8) is 0 Å². The first kappa shape index (κ1) is 26.9. The normalized spacial score (nSPS) is 20.3. The third kappa shape index (κ3) is 4.38. The third-order valence-corrected chi connectivity index (χ3v) is 11.0. The summed E-state index contributed by atoms with van der Waals surface area (Å²) < 4.78 is 22.1. The van der Waals surface area contributed by atoms with Crippen molar-refractivity contribution in [2.24, 2.45) is 0 Å². The number of nitrogen functional groups attached to an aromatic ring is 2. The first-order valence-corrected chi connectivity index (χ1v) is 15.1. The third-order valence-electron chi connectivity index (χ3n) is 8.36. The summed E-state index contributed by atoms with van der Waals surface area (Å²) in [6.45, 7) is 4.42. The van der Waals surface area contributed by atoms with Gasteiger partial charge in [0, 0.05) is 54.1 Å². The highest BCUT2D eigenvalue weighted by molar-refractivity contribution is 8.00. The van der Waals surface area contributed by atoms with Gasteiger partial charge in [-0.3, -0.25) is 0 Å². The molecule has 13 heteroatoms.